The Balaban J connectivity index is 1.98. The van der Waals surface area contributed by atoms with Gasteiger partial charge in [-0.05, 0) is 6.42 Å². The van der Waals surface area contributed by atoms with E-state index in [1.165, 1.54) is 4.90 Å². The first-order valence-electron chi connectivity index (χ1n) is 6.12. The molecule has 8 heteroatoms. The minimum Gasteiger partial charge on any atom is -0.456 e. The van der Waals surface area contributed by atoms with Gasteiger partial charge < -0.3 is 30.1 Å². The lowest BCUT2D eigenvalue weighted by Gasteiger charge is -2.36. The van der Waals surface area contributed by atoms with Gasteiger partial charge in [0.2, 0.25) is 5.91 Å². The quantitative estimate of drug-likeness (QED) is 0.325. The minimum atomic E-state index is -1.98. The molecular weight excluding hydrogens is 258 g/mol. The summed E-state index contributed by atoms with van der Waals surface area (Å²) in [5, 5.41) is 36.5. The maximum absolute atomic E-state index is 11.7. The molecule has 4 atom stereocenters. The number of nitrogens with zero attached hydrogens (tertiary/aromatic N) is 1. The Bertz CT molecular complexity index is 372. The molecule has 2 aliphatic rings. The number of cyclic esters (lactones) is 1. The van der Waals surface area contributed by atoms with Crippen molar-refractivity contribution in [2.45, 2.75) is 49.9 Å². The van der Waals surface area contributed by atoms with Gasteiger partial charge in [0.1, 0.15) is 18.2 Å². The summed E-state index contributed by atoms with van der Waals surface area (Å²) >= 11 is 0. The average Bonchev–Trinajstić information content (AvgIpc) is 2.71. The summed E-state index contributed by atoms with van der Waals surface area (Å²) in [4.78, 5) is 24.6. The number of carbonyl (C=O) groups is 2. The SMILES string of the molecule is O=C1O[C@H]([C@@H](O)C[C@@H](O)C(O)O)CN2C(=O)CC[C@@H]12. The predicted molar refractivity (Wildman–Crippen MR) is 59.5 cm³/mol. The van der Waals surface area contributed by atoms with Crippen LogP contribution in [-0.4, -0.2) is 74.4 Å². The molecule has 0 bridgehead atoms. The topological polar surface area (TPSA) is 128 Å². The highest BCUT2D eigenvalue weighted by Gasteiger charge is 2.45. The van der Waals surface area contributed by atoms with Gasteiger partial charge in [-0.25, -0.2) is 4.79 Å². The van der Waals surface area contributed by atoms with Crippen LogP contribution in [0, 0.1) is 0 Å². The van der Waals surface area contributed by atoms with Gasteiger partial charge >= 0.3 is 5.97 Å². The van der Waals surface area contributed by atoms with Crippen LogP contribution in [0.5, 0.6) is 0 Å². The number of morpholine rings is 1. The molecule has 0 radical (unpaired) electrons. The zero-order valence-electron chi connectivity index (χ0n) is 10.2. The molecule has 1 amide bonds. The van der Waals surface area contributed by atoms with E-state index in [-0.39, 0.29) is 25.3 Å². The standard InChI is InChI=1S/C11H17NO7/c13-6(3-7(14)10(16)17)8-4-12-5(11(18)19-8)1-2-9(12)15/h5-8,10,13-14,16-17H,1-4H2/t5-,6-,7+,8-/m0/s1. The van der Waals surface area contributed by atoms with E-state index in [4.69, 9.17) is 14.9 Å². The van der Waals surface area contributed by atoms with Crippen molar-refractivity contribution in [1.82, 2.24) is 4.90 Å². The lowest BCUT2D eigenvalue weighted by atomic mass is 10.0. The summed E-state index contributed by atoms with van der Waals surface area (Å²) in [5.74, 6) is -0.734. The van der Waals surface area contributed by atoms with Crippen molar-refractivity contribution in [3.63, 3.8) is 0 Å². The number of esters is 1. The van der Waals surface area contributed by atoms with E-state index >= 15 is 0 Å². The fraction of sp³-hybridized carbons (Fsp3) is 0.818. The van der Waals surface area contributed by atoms with Gasteiger partial charge in [0.25, 0.3) is 0 Å². The molecule has 4 N–H and O–H groups in total. The third-order valence-electron chi connectivity index (χ3n) is 3.50. The molecule has 2 heterocycles. The molecule has 19 heavy (non-hydrogen) atoms. The van der Waals surface area contributed by atoms with Crippen molar-refractivity contribution in [3.05, 3.63) is 0 Å². The zero-order valence-corrected chi connectivity index (χ0v) is 10.2. The highest BCUT2D eigenvalue weighted by Crippen LogP contribution is 2.26. The average molecular weight is 275 g/mol. The summed E-state index contributed by atoms with van der Waals surface area (Å²) in [6, 6.07) is -0.579. The molecule has 108 valence electrons. The summed E-state index contributed by atoms with van der Waals surface area (Å²) in [6.45, 7) is 0.0602. The van der Waals surface area contributed by atoms with Crippen molar-refractivity contribution in [2.24, 2.45) is 0 Å². The first-order chi connectivity index (χ1) is 8.90. The van der Waals surface area contributed by atoms with Gasteiger partial charge in [0.05, 0.1) is 12.6 Å². The lowest BCUT2D eigenvalue weighted by molar-refractivity contribution is -0.181. The number of ether oxygens (including phenoxy) is 1. The highest BCUT2D eigenvalue weighted by molar-refractivity contribution is 5.89. The Kier molecular flexibility index (Phi) is 4.04. The molecular formula is C11H17NO7. The van der Waals surface area contributed by atoms with Crippen LogP contribution in [-0.2, 0) is 14.3 Å². The Labute approximate surface area is 109 Å². The largest absolute Gasteiger partial charge is 0.456 e. The van der Waals surface area contributed by atoms with E-state index in [1.807, 2.05) is 0 Å². The summed E-state index contributed by atoms with van der Waals surface area (Å²) in [7, 11) is 0. The van der Waals surface area contributed by atoms with Crippen molar-refractivity contribution >= 4 is 11.9 Å². The minimum absolute atomic E-state index is 0.0602. The molecule has 2 rings (SSSR count). The van der Waals surface area contributed by atoms with E-state index in [0.717, 1.165) is 0 Å². The van der Waals surface area contributed by atoms with Crippen molar-refractivity contribution in [3.8, 4) is 0 Å². The second-order valence-corrected chi connectivity index (χ2v) is 4.86. The fourth-order valence-electron chi connectivity index (χ4n) is 2.39. The normalized spacial score (nSPS) is 30.3. The van der Waals surface area contributed by atoms with Crippen LogP contribution >= 0.6 is 0 Å². The molecule has 0 saturated carbocycles. The molecule has 2 saturated heterocycles. The number of carbonyl (C=O) groups excluding carboxylic acids is 2. The number of hydrogen-bond acceptors (Lipinski definition) is 7. The first-order valence-corrected chi connectivity index (χ1v) is 6.12. The zero-order chi connectivity index (χ0) is 14.2. The van der Waals surface area contributed by atoms with Crippen molar-refractivity contribution in [2.75, 3.05) is 6.54 Å². The third-order valence-corrected chi connectivity index (χ3v) is 3.50. The van der Waals surface area contributed by atoms with E-state index < -0.39 is 36.6 Å². The summed E-state index contributed by atoms with van der Waals surface area (Å²) < 4.78 is 5.03. The number of amides is 1. The molecule has 2 aliphatic heterocycles. The molecule has 2 fully saturated rings. The Hall–Kier alpha value is -1.22. The van der Waals surface area contributed by atoms with Crippen LogP contribution in [0.4, 0.5) is 0 Å². The number of aliphatic hydroxyl groups is 4. The van der Waals surface area contributed by atoms with E-state index in [0.29, 0.717) is 6.42 Å². The van der Waals surface area contributed by atoms with E-state index in [1.54, 1.807) is 0 Å². The molecule has 0 aromatic rings. The predicted octanol–water partition coefficient (Wildman–Crippen LogP) is -2.67. The Morgan fingerprint density at radius 2 is 1.95 bits per heavy atom. The van der Waals surface area contributed by atoms with Gasteiger partial charge in [-0.1, -0.05) is 0 Å². The number of fused-ring (bicyclic) bond motifs is 1. The van der Waals surface area contributed by atoms with E-state index in [2.05, 4.69) is 0 Å². The first kappa shape index (κ1) is 14.2. The number of rotatable bonds is 4. The molecule has 0 unspecified atom stereocenters. The maximum Gasteiger partial charge on any atom is 0.329 e. The van der Waals surface area contributed by atoms with E-state index in [9.17, 15) is 19.8 Å². The summed E-state index contributed by atoms with van der Waals surface area (Å²) in [5.41, 5.74) is 0. The smallest absolute Gasteiger partial charge is 0.329 e. The maximum atomic E-state index is 11.7. The molecule has 0 aliphatic carbocycles. The van der Waals surface area contributed by atoms with Crippen LogP contribution in [0.25, 0.3) is 0 Å². The number of hydrogen-bond donors (Lipinski definition) is 4. The Morgan fingerprint density at radius 3 is 2.58 bits per heavy atom. The number of aliphatic hydroxyl groups excluding tert-OH is 3. The monoisotopic (exact) mass is 275 g/mol. The highest BCUT2D eigenvalue weighted by atomic mass is 16.6. The van der Waals surface area contributed by atoms with Gasteiger partial charge in [-0.3, -0.25) is 4.79 Å². The van der Waals surface area contributed by atoms with Gasteiger partial charge in [0, 0.05) is 12.8 Å². The van der Waals surface area contributed by atoms with Crippen LogP contribution in [0.15, 0.2) is 0 Å². The lowest BCUT2D eigenvalue weighted by Crippen LogP contribution is -2.55. The second kappa shape index (κ2) is 5.41. The second-order valence-electron chi connectivity index (χ2n) is 4.86. The fourth-order valence-corrected chi connectivity index (χ4v) is 2.39. The van der Waals surface area contributed by atoms with Gasteiger partial charge in [-0.2, -0.15) is 0 Å². The van der Waals surface area contributed by atoms with Crippen LogP contribution in [0.1, 0.15) is 19.3 Å². The molecule has 8 nitrogen and oxygen atoms in total. The summed E-state index contributed by atoms with van der Waals surface area (Å²) in [6.07, 6.45) is -5.41. The Morgan fingerprint density at radius 1 is 1.26 bits per heavy atom. The van der Waals surface area contributed by atoms with Crippen LogP contribution < -0.4 is 0 Å². The molecule has 0 spiro atoms. The molecule has 0 aromatic carbocycles. The van der Waals surface area contributed by atoms with Gasteiger partial charge in [0.15, 0.2) is 6.29 Å². The molecule has 0 aromatic heterocycles. The van der Waals surface area contributed by atoms with Crippen LogP contribution in [0.3, 0.4) is 0 Å². The van der Waals surface area contributed by atoms with Gasteiger partial charge in [-0.15, -0.1) is 0 Å². The van der Waals surface area contributed by atoms with Crippen LogP contribution in [0.2, 0.25) is 0 Å². The third kappa shape index (κ3) is 2.86. The van der Waals surface area contributed by atoms with Crippen molar-refractivity contribution < 1.29 is 34.8 Å². The van der Waals surface area contributed by atoms with Crippen molar-refractivity contribution in [1.29, 1.82) is 0 Å².